The first kappa shape index (κ1) is 38.2. The van der Waals surface area contributed by atoms with E-state index in [4.69, 9.17) is 15.7 Å². The number of nitrogen functional groups attached to an aromatic ring is 1. The Kier molecular flexibility index (Phi) is 9.57. The van der Waals surface area contributed by atoms with Crippen LogP contribution in [0.25, 0.3) is 44.1 Å². The van der Waals surface area contributed by atoms with Crippen LogP contribution in [0, 0.1) is 13.8 Å². The molecule has 2 amide bonds. The summed E-state index contributed by atoms with van der Waals surface area (Å²) in [7, 11) is 1.81. The molecule has 2 aliphatic rings. The van der Waals surface area contributed by atoms with E-state index < -0.39 is 6.04 Å². The number of nitrogens with two attached hydrogens (primary N) is 1. The molecule has 0 radical (unpaired) electrons. The highest BCUT2D eigenvalue weighted by atomic mass is 16.2. The molecule has 18 nitrogen and oxygen atoms in total. The molecule has 8 aromatic rings. The SMILES string of the molecule is Cc1ccncc1-c1cc2cc(Nc3cnn(C4CCN(CNc5nc(-c6cnccc6C)cc6cc(Nc7cnn([C@H]8CCN(C)C8=O)c7)ncc56)C4=O)c3)ncc2c(N)n1. The van der Waals surface area contributed by atoms with E-state index in [9.17, 15) is 9.59 Å². The van der Waals surface area contributed by atoms with Gasteiger partial charge in [-0.1, -0.05) is 0 Å². The standard InChI is InChI=1S/C44H42N16O2/c1-25-4-8-46-18-31(25)35-12-27-14-39(48-20-33(27)41(45)55-35)53-30-17-52-60(23-30)38-7-11-58(44(38)62)24-50-42-34-21-49-40(15-28(34)13-36(56-42)32-19-47-9-5-26(32)2)54-29-16-51-59(22-29)37-6-10-57(3)43(37)61/h4-5,8-9,12-23,37-38H,6-7,10-11,24H2,1-3H3,(H2,45,55)(H,48,53)(H,49,54)(H,50,56)/t37-,38?/m0/s1. The van der Waals surface area contributed by atoms with E-state index in [-0.39, 0.29) is 24.5 Å². The van der Waals surface area contributed by atoms with Crippen molar-refractivity contribution in [2.24, 2.45) is 0 Å². The van der Waals surface area contributed by atoms with Crippen LogP contribution < -0.4 is 21.7 Å². The van der Waals surface area contributed by atoms with Crippen LogP contribution in [0.2, 0.25) is 0 Å². The molecule has 10 heterocycles. The largest absolute Gasteiger partial charge is 0.383 e. The predicted octanol–water partition coefficient (Wildman–Crippen LogP) is 6.02. The molecule has 2 atom stereocenters. The summed E-state index contributed by atoms with van der Waals surface area (Å²) in [5, 5.41) is 22.4. The first-order valence-corrected chi connectivity index (χ1v) is 20.2. The average Bonchev–Trinajstić information content (AvgIpc) is 4.08. The fraction of sp³-hybridized carbons (Fsp3) is 0.227. The summed E-state index contributed by atoms with van der Waals surface area (Å²) in [5.41, 5.74) is 13.1. The van der Waals surface area contributed by atoms with Crippen LogP contribution in [0.1, 0.15) is 36.1 Å². The molecule has 62 heavy (non-hydrogen) atoms. The summed E-state index contributed by atoms with van der Waals surface area (Å²) < 4.78 is 3.40. The highest BCUT2D eigenvalue weighted by Gasteiger charge is 2.34. The topological polar surface area (TPSA) is 216 Å². The second-order valence-electron chi connectivity index (χ2n) is 15.7. The number of hydrogen-bond donors (Lipinski definition) is 4. The number of aromatic nitrogens is 10. The molecule has 2 saturated heterocycles. The third kappa shape index (κ3) is 7.20. The highest BCUT2D eigenvalue weighted by molar-refractivity contribution is 5.97. The van der Waals surface area contributed by atoms with Gasteiger partial charge in [0.05, 0.1) is 41.8 Å². The van der Waals surface area contributed by atoms with Crippen LogP contribution >= 0.6 is 0 Å². The number of nitrogens with zero attached hydrogens (tertiary/aromatic N) is 12. The number of aryl methyl sites for hydroxylation is 2. The molecule has 0 spiro atoms. The lowest BCUT2D eigenvalue weighted by molar-refractivity contribution is -0.130. The van der Waals surface area contributed by atoms with Crippen molar-refractivity contribution in [3.8, 4) is 22.5 Å². The first-order chi connectivity index (χ1) is 30.1. The molecule has 0 saturated carbocycles. The molecular weight excluding hydrogens is 785 g/mol. The maximum Gasteiger partial charge on any atom is 0.248 e. The molecular formula is C44H42N16O2. The van der Waals surface area contributed by atoms with E-state index >= 15 is 0 Å². The van der Waals surface area contributed by atoms with E-state index in [1.54, 1.807) is 75.8 Å². The van der Waals surface area contributed by atoms with Gasteiger partial charge in [-0.3, -0.25) is 28.9 Å². The fourth-order valence-corrected chi connectivity index (χ4v) is 8.12. The Hall–Kier alpha value is -8.02. The fourth-order valence-electron chi connectivity index (χ4n) is 8.12. The van der Waals surface area contributed by atoms with Crippen molar-refractivity contribution in [2.45, 2.75) is 38.8 Å². The summed E-state index contributed by atoms with van der Waals surface area (Å²) in [6.45, 7) is 5.49. The van der Waals surface area contributed by atoms with Gasteiger partial charge in [0.1, 0.15) is 35.4 Å². The van der Waals surface area contributed by atoms with Gasteiger partial charge in [0.2, 0.25) is 11.8 Å². The number of likely N-dealkylation sites (tertiary alicyclic amines) is 2. The Balaban J connectivity index is 0.847. The van der Waals surface area contributed by atoms with E-state index in [1.807, 2.05) is 62.6 Å². The van der Waals surface area contributed by atoms with Gasteiger partial charge < -0.3 is 31.5 Å². The number of carbonyl (C=O) groups is 2. The summed E-state index contributed by atoms with van der Waals surface area (Å²) >= 11 is 0. The number of rotatable bonds is 11. The Bertz CT molecular complexity index is 3030. The van der Waals surface area contributed by atoms with Crippen LogP contribution in [-0.2, 0) is 9.59 Å². The lowest BCUT2D eigenvalue weighted by Crippen LogP contribution is -2.33. The average molecular weight is 827 g/mol. The number of anilines is 6. The molecule has 2 aliphatic heterocycles. The van der Waals surface area contributed by atoms with Crippen molar-refractivity contribution in [2.75, 3.05) is 48.5 Å². The Morgan fingerprint density at radius 2 is 1.26 bits per heavy atom. The number of likely N-dealkylation sites (N-methyl/N-ethyl adjacent to an activating group) is 1. The minimum Gasteiger partial charge on any atom is -0.383 e. The summed E-state index contributed by atoms with van der Waals surface area (Å²) in [5.74, 6) is 2.17. The molecule has 310 valence electrons. The summed E-state index contributed by atoms with van der Waals surface area (Å²) in [4.78, 5) is 57.5. The van der Waals surface area contributed by atoms with Gasteiger partial charge in [-0.05, 0) is 85.0 Å². The number of pyridine rings is 6. The van der Waals surface area contributed by atoms with Crippen LogP contribution in [0.5, 0.6) is 0 Å². The monoisotopic (exact) mass is 826 g/mol. The Labute approximate surface area is 355 Å². The lowest BCUT2D eigenvalue weighted by atomic mass is 10.1. The number of amides is 2. The Morgan fingerprint density at radius 1 is 0.694 bits per heavy atom. The highest BCUT2D eigenvalue weighted by Crippen LogP contribution is 2.33. The second-order valence-corrected chi connectivity index (χ2v) is 15.7. The minimum absolute atomic E-state index is 0.0518. The molecule has 1 unspecified atom stereocenters. The zero-order valence-electron chi connectivity index (χ0n) is 34.2. The molecule has 2 fully saturated rings. The Morgan fingerprint density at radius 3 is 1.85 bits per heavy atom. The zero-order valence-corrected chi connectivity index (χ0v) is 34.2. The minimum atomic E-state index is -0.477. The van der Waals surface area contributed by atoms with Gasteiger partial charge in [-0.25, -0.2) is 19.9 Å². The quantitative estimate of drug-likeness (QED) is 0.117. The van der Waals surface area contributed by atoms with Crippen molar-refractivity contribution >= 4 is 68.0 Å². The van der Waals surface area contributed by atoms with Gasteiger partial charge in [0.25, 0.3) is 0 Å². The van der Waals surface area contributed by atoms with Crippen molar-refractivity contribution in [3.05, 3.63) is 109 Å². The van der Waals surface area contributed by atoms with Crippen molar-refractivity contribution in [1.29, 1.82) is 0 Å². The second kappa shape index (κ2) is 15.5. The maximum atomic E-state index is 13.9. The van der Waals surface area contributed by atoms with Crippen LogP contribution in [-0.4, -0.2) is 97.9 Å². The van der Waals surface area contributed by atoms with Gasteiger partial charge >= 0.3 is 0 Å². The van der Waals surface area contributed by atoms with Gasteiger partial charge in [0.15, 0.2) is 0 Å². The molecule has 8 aromatic heterocycles. The van der Waals surface area contributed by atoms with Crippen molar-refractivity contribution in [1.82, 2.24) is 59.3 Å². The third-order valence-electron chi connectivity index (χ3n) is 11.6. The normalized spacial score (nSPS) is 16.5. The van der Waals surface area contributed by atoms with E-state index in [1.165, 1.54) is 0 Å². The summed E-state index contributed by atoms with van der Waals surface area (Å²) in [6, 6.07) is 10.9. The number of hydrogen-bond acceptors (Lipinski definition) is 14. The lowest BCUT2D eigenvalue weighted by Gasteiger charge is -2.19. The zero-order chi connectivity index (χ0) is 42.5. The smallest absolute Gasteiger partial charge is 0.248 e. The number of fused-ring (bicyclic) bond motifs is 2. The predicted molar refractivity (Wildman–Crippen MR) is 236 cm³/mol. The van der Waals surface area contributed by atoms with Crippen molar-refractivity contribution < 1.29 is 9.59 Å². The van der Waals surface area contributed by atoms with Gasteiger partial charge in [0, 0.05) is 91.6 Å². The molecule has 18 heteroatoms. The van der Waals surface area contributed by atoms with Gasteiger partial charge in [-0.15, -0.1) is 0 Å². The molecule has 10 rings (SSSR count). The summed E-state index contributed by atoms with van der Waals surface area (Å²) in [6.07, 6.45) is 18.9. The number of carbonyl (C=O) groups excluding carboxylic acids is 2. The number of nitrogens with one attached hydrogen (secondary N) is 3. The molecule has 0 aromatic carbocycles. The van der Waals surface area contributed by atoms with Gasteiger partial charge in [-0.2, -0.15) is 10.2 Å². The molecule has 0 bridgehead atoms. The third-order valence-corrected chi connectivity index (χ3v) is 11.6. The van der Waals surface area contributed by atoms with E-state index in [2.05, 4.69) is 46.1 Å². The molecule has 5 N–H and O–H groups in total. The molecule has 0 aliphatic carbocycles. The van der Waals surface area contributed by atoms with E-state index in [0.29, 0.717) is 54.9 Å². The maximum absolute atomic E-state index is 13.9. The van der Waals surface area contributed by atoms with Crippen LogP contribution in [0.4, 0.5) is 34.6 Å². The van der Waals surface area contributed by atoms with Crippen molar-refractivity contribution in [3.63, 3.8) is 0 Å². The van der Waals surface area contributed by atoms with Crippen LogP contribution in [0.15, 0.2) is 98.4 Å². The first-order valence-electron chi connectivity index (χ1n) is 20.2. The van der Waals surface area contributed by atoms with E-state index in [0.717, 1.165) is 60.9 Å². The van der Waals surface area contributed by atoms with Crippen LogP contribution in [0.3, 0.4) is 0 Å².